The molecule has 5 nitrogen and oxygen atoms in total. The molecule has 0 bridgehead atoms. The zero-order chi connectivity index (χ0) is 14.9. The zero-order valence-corrected chi connectivity index (χ0v) is 13.1. The third-order valence-electron chi connectivity index (χ3n) is 3.04. The third kappa shape index (κ3) is 3.04. The summed E-state index contributed by atoms with van der Waals surface area (Å²) in [6, 6.07) is 5.25. The lowest BCUT2D eigenvalue weighted by Crippen LogP contribution is -2.22. The molecule has 0 saturated carbocycles. The molecule has 1 unspecified atom stereocenters. The van der Waals surface area contributed by atoms with Gasteiger partial charge >= 0.3 is 0 Å². The molecule has 0 spiro atoms. The Bertz CT molecular complexity index is 681. The SMILES string of the molecule is CCc1ccc2c(c1)S(=O)(=O)N=C(SC(C)C(C)=O)N2. The fourth-order valence-corrected chi connectivity index (χ4v) is 3.90. The van der Waals surface area contributed by atoms with E-state index in [1.807, 2.05) is 13.0 Å². The van der Waals surface area contributed by atoms with Gasteiger partial charge in [-0.3, -0.25) is 4.79 Å². The van der Waals surface area contributed by atoms with Crippen molar-refractivity contribution in [2.75, 3.05) is 5.32 Å². The monoisotopic (exact) mass is 312 g/mol. The molecule has 1 aromatic carbocycles. The van der Waals surface area contributed by atoms with Gasteiger partial charge in [0.05, 0.1) is 10.9 Å². The second kappa shape index (κ2) is 5.57. The van der Waals surface area contributed by atoms with Gasteiger partial charge in [-0.25, -0.2) is 0 Å². The van der Waals surface area contributed by atoms with Crippen LogP contribution in [0.4, 0.5) is 5.69 Å². The van der Waals surface area contributed by atoms with E-state index >= 15 is 0 Å². The van der Waals surface area contributed by atoms with Crippen LogP contribution >= 0.6 is 11.8 Å². The molecular formula is C13H16N2O3S2. The Balaban J connectivity index is 2.37. The highest BCUT2D eigenvalue weighted by Crippen LogP contribution is 2.31. The molecule has 0 radical (unpaired) electrons. The lowest BCUT2D eigenvalue weighted by molar-refractivity contribution is -0.116. The summed E-state index contributed by atoms with van der Waals surface area (Å²) in [5, 5.41) is 2.87. The van der Waals surface area contributed by atoms with E-state index < -0.39 is 10.0 Å². The molecule has 0 aliphatic carbocycles. The molecule has 108 valence electrons. The summed E-state index contributed by atoms with van der Waals surface area (Å²) in [6.45, 7) is 5.15. The molecule has 1 atom stereocenters. The van der Waals surface area contributed by atoms with E-state index in [1.54, 1.807) is 19.1 Å². The Morgan fingerprint density at radius 1 is 1.45 bits per heavy atom. The van der Waals surface area contributed by atoms with Crippen molar-refractivity contribution in [2.24, 2.45) is 4.40 Å². The number of fused-ring (bicyclic) bond motifs is 1. The highest BCUT2D eigenvalue weighted by molar-refractivity contribution is 8.15. The van der Waals surface area contributed by atoms with Gasteiger partial charge in [-0.2, -0.15) is 8.42 Å². The summed E-state index contributed by atoms with van der Waals surface area (Å²) in [6.07, 6.45) is 0.759. The van der Waals surface area contributed by atoms with Gasteiger partial charge in [0.2, 0.25) is 0 Å². The van der Waals surface area contributed by atoms with E-state index in [4.69, 9.17) is 0 Å². The molecule has 1 aliphatic rings. The maximum atomic E-state index is 12.2. The van der Waals surface area contributed by atoms with Crippen molar-refractivity contribution in [1.29, 1.82) is 0 Å². The van der Waals surface area contributed by atoms with Crippen LogP contribution in [0.2, 0.25) is 0 Å². The largest absolute Gasteiger partial charge is 0.333 e. The van der Waals surface area contributed by atoms with Crippen LogP contribution in [0.3, 0.4) is 0 Å². The van der Waals surface area contributed by atoms with Crippen LogP contribution in [-0.4, -0.2) is 24.6 Å². The van der Waals surface area contributed by atoms with Crippen molar-refractivity contribution in [2.45, 2.75) is 37.3 Å². The van der Waals surface area contributed by atoms with Crippen LogP contribution in [-0.2, 0) is 21.2 Å². The predicted octanol–water partition coefficient (Wildman–Crippen LogP) is 2.43. The molecule has 1 aromatic rings. The second-order valence-corrected chi connectivity index (χ2v) is 7.45. The van der Waals surface area contributed by atoms with Gasteiger partial charge in [0.15, 0.2) is 5.17 Å². The Kier molecular flexibility index (Phi) is 4.19. The van der Waals surface area contributed by atoms with E-state index in [2.05, 4.69) is 9.71 Å². The maximum Gasteiger partial charge on any atom is 0.286 e. The number of ketones is 1. The normalized spacial score (nSPS) is 17.6. The number of Topliss-reactive ketones (excluding diaryl/α,β-unsaturated/α-hetero) is 1. The molecule has 0 amide bonds. The first kappa shape index (κ1) is 15.1. The molecule has 1 heterocycles. The van der Waals surface area contributed by atoms with Gasteiger partial charge in [0.25, 0.3) is 10.0 Å². The Labute approximate surface area is 122 Å². The minimum absolute atomic E-state index is 0.0241. The van der Waals surface area contributed by atoms with Crippen molar-refractivity contribution in [3.63, 3.8) is 0 Å². The van der Waals surface area contributed by atoms with E-state index in [-0.39, 0.29) is 21.1 Å². The van der Waals surface area contributed by atoms with Crippen molar-refractivity contribution in [3.8, 4) is 0 Å². The molecule has 0 fully saturated rings. The summed E-state index contributed by atoms with van der Waals surface area (Å²) < 4.78 is 28.1. The summed E-state index contributed by atoms with van der Waals surface area (Å²) >= 11 is 1.11. The lowest BCUT2D eigenvalue weighted by atomic mass is 10.1. The van der Waals surface area contributed by atoms with Gasteiger partial charge in [-0.1, -0.05) is 24.8 Å². The topological polar surface area (TPSA) is 75.6 Å². The summed E-state index contributed by atoms with van der Waals surface area (Å²) in [7, 11) is -3.70. The van der Waals surface area contributed by atoms with E-state index in [9.17, 15) is 13.2 Å². The van der Waals surface area contributed by atoms with Crippen LogP contribution < -0.4 is 5.32 Å². The van der Waals surface area contributed by atoms with Crippen LogP contribution in [0.5, 0.6) is 0 Å². The maximum absolute atomic E-state index is 12.2. The molecule has 2 rings (SSSR count). The van der Waals surface area contributed by atoms with Gasteiger partial charge in [0, 0.05) is 0 Å². The second-order valence-electron chi connectivity index (χ2n) is 4.55. The van der Waals surface area contributed by atoms with E-state index in [0.29, 0.717) is 5.69 Å². The van der Waals surface area contributed by atoms with Gasteiger partial charge in [-0.15, -0.1) is 4.40 Å². The van der Waals surface area contributed by atoms with Crippen molar-refractivity contribution < 1.29 is 13.2 Å². The first-order chi connectivity index (χ1) is 9.33. The summed E-state index contributed by atoms with van der Waals surface area (Å²) in [5.74, 6) is -0.0241. The van der Waals surface area contributed by atoms with Crippen LogP contribution in [0.25, 0.3) is 0 Å². The smallest absolute Gasteiger partial charge is 0.286 e. The molecule has 1 N–H and O–H groups in total. The summed E-state index contributed by atoms with van der Waals surface area (Å²) in [5.41, 5.74) is 1.45. The number of hydrogen-bond acceptors (Lipinski definition) is 5. The Morgan fingerprint density at radius 3 is 2.75 bits per heavy atom. The van der Waals surface area contributed by atoms with Crippen molar-refractivity contribution in [1.82, 2.24) is 0 Å². The minimum atomic E-state index is -3.70. The quantitative estimate of drug-likeness (QED) is 0.927. The number of nitrogens with zero attached hydrogens (tertiary/aromatic N) is 1. The number of benzene rings is 1. The number of anilines is 1. The lowest BCUT2D eigenvalue weighted by Gasteiger charge is -2.19. The number of nitrogens with one attached hydrogen (secondary N) is 1. The van der Waals surface area contributed by atoms with Crippen molar-refractivity contribution in [3.05, 3.63) is 23.8 Å². The molecule has 1 aliphatic heterocycles. The van der Waals surface area contributed by atoms with Gasteiger partial charge < -0.3 is 5.32 Å². The minimum Gasteiger partial charge on any atom is -0.333 e. The predicted molar refractivity (Wildman–Crippen MR) is 81.8 cm³/mol. The highest BCUT2D eigenvalue weighted by Gasteiger charge is 2.26. The fraction of sp³-hybridized carbons (Fsp3) is 0.385. The molecule has 7 heteroatoms. The average molecular weight is 312 g/mol. The van der Waals surface area contributed by atoms with Crippen LogP contribution in [0.1, 0.15) is 26.3 Å². The average Bonchev–Trinajstić information content (AvgIpc) is 2.37. The highest BCUT2D eigenvalue weighted by atomic mass is 32.2. The summed E-state index contributed by atoms with van der Waals surface area (Å²) in [4.78, 5) is 11.4. The van der Waals surface area contributed by atoms with Gasteiger partial charge in [-0.05, 0) is 38.0 Å². The fourth-order valence-electron chi connectivity index (χ4n) is 1.70. The molecule has 20 heavy (non-hydrogen) atoms. The molecular weight excluding hydrogens is 296 g/mol. The number of aryl methyl sites for hydroxylation is 1. The van der Waals surface area contributed by atoms with Crippen LogP contribution in [0, 0.1) is 0 Å². The number of sulfonamides is 1. The number of amidine groups is 1. The first-order valence-electron chi connectivity index (χ1n) is 6.25. The number of rotatable bonds is 3. The van der Waals surface area contributed by atoms with Gasteiger partial charge in [0.1, 0.15) is 10.7 Å². The Hall–Kier alpha value is -1.34. The molecule has 0 saturated heterocycles. The number of thioether (sulfide) groups is 1. The molecule has 0 aromatic heterocycles. The third-order valence-corrected chi connectivity index (χ3v) is 5.57. The van der Waals surface area contributed by atoms with Crippen LogP contribution in [0.15, 0.2) is 27.5 Å². The van der Waals surface area contributed by atoms with Crippen molar-refractivity contribution >= 4 is 38.4 Å². The van der Waals surface area contributed by atoms with E-state index in [0.717, 1.165) is 23.7 Å². The standard InChI is InChI=1S/C13H16N2O3S2/c1-4-10-5-6-11-12(7-10)20(17,18)15-13(14-11)19-9(3)8(2)16/h5-7,9H,4H2,1-3H3,(H,14,15). The van der Waals surface area contributed by atoms with E-state index in [1.165, 1.54) is 6.92 Å². The zero-order valence-electron chi connectivity index (χ0n) is 11.5. The first-order valence-corrected chi connectivity index (χ1v) is 8.57. The number of carbonyl (C=O) groups is 1. The number of carbonyl (C=O) groups excluding carboxylic acids is 1. The Morgan fingerprint density at radius 2 is 2.15 bits per heavy atom. The number of hydrogen-bond donors (Lipinski definition) is 1.